The summed E-state index contributed by atoms with van der Waals surface area (Å²) in [5, 5.41) is 13.8. The van der Waals surface area contributed by atoms with Gasteiger partial charge in [0, 0.05) is 30.9 Å². The predicted molar refractivity (Wildman–Crippen MR) is 136 cm³/mol. The Balaban J connectivity index is 1.74. The van der Waals surface area contributed by atoms with Crippen molar-refractivity contribution in [1.82, 2.24) is 4.31 Å². The van der Waals surface area contributed by atoms with Crippen molar-refractivity contribution in [3.63, 3.8) is 0 Å². The van der Waals surface area contributed by atoms with Crippen molar-refractivity contribution in [2.45, 2.75) is 43.6 Å². The van der Waals surface area contributed by atoms with Crippen molar-refractivity contribution >= 4 is 33.5 Å². The monoisotopic (exact) mass is 531 g/mol. The van der Waals surface area contributed by atoms with Gasteiger partial charge in [0.05, 0.1) is 15.7 Å². The van der Waals surface area contributed by atoms with E-state index in [0.717, 1.165) is 17.7 Å². The maximum absolute atomic E-state index is 13.4. The number of non-ortho nitro benzene ring substituents is 1. The second-order valence-electron chi connectivity index (χ2n) is 9.28. The number of anilines is 1. The van der Waals surface area contributed by atoms with Gasteiger partial charge in [-0.05, 0) is 57.0 Å². The molecule has 0 bridgehead atoms. The summed E-state index contributed by atoms with van der Waals surface area (Å²) in [6.07, 6.45) is 2.38. The van der Waals surface area contributed by atoms with Gasteiger partial charge in [0.2, 0.25) is 15.9 Å². The third kappa shape index (κ3) is 7.37. The van der Waals surface area contributed by atoms with Crippen molar-refractivity contribution in [3.8, 4) is 0 Å². The zero-order valence-corrected chi connectivity index (χ0v) is 21.6. The molecule has 11 nitrogen and oxygen atoms in total. The highest BCUT2D eigenvalue weighted by Gasteiger charge is 2.32. The zero-order valence-electron chi connectivity index (χ0n) is 20.7. The fourth-order valence-electron chi connectivity index (χ4n) is 3.69. The number of amides is 1. The summed E-state index contributed by atoms with van der Waals surface area (Å²) in [6.45, 7) is 4.91. The minimum atomic E-state index is -4.06. The molecular formula is C25H29N3O8S. The first-order valence-electron chi connectivity index (χ1n) is 11.5. The van der Waals surface area contributed by atoms with Gasteiger partial charge >= 0.3 is 6.16 Å². The fourth-order valence-corrected chi connectivity index (χ4v) is 5.10. The minimum absolute atomic E-state index is 0.00298. The Hall–Kier alpha value is -3.77. The van der Waals surface area contributed by atoms with E-state index in [2.05, 4.69) is 5.32 Å². The summed E-state index contributed by atoms with van der Waals surface area (Å²) in [5.41, 5.74) is 0.550. The molecule has 0 fully saturated rings. The third-order valence-electron chi connectivity index (χ3n) is 5.43. The average molecular weight is 532 g/mol. The van der Waals surface area contributed by atoms with Gasteiger partial charge in [-0.15, -0.1) is 0 Å². The van der Waals surface area contributed by atoms with Gasteiger partial charge in [0.25, 0.3) is 5.69 Å². The van der Waals surface area contributed by atoms with Crippen molar-refractivity contribution in [2.75, 3.05) is 25.0 Å². The number of ether oxygens (including phenoxy) is 2. The van der Waals surface area contributed by atoms with Crippen LogP contribution in [0.2, 0.25) is 0 Å². The molecule has 1 aliphatic rings. The predicted octanol–water partition coefficient (Wildman–Crippen LogP) is 4.22. The van der Waals surface area contributed by atoms with Crippen molar-refractivity contribution < 1.29 is 32.4 Å². The van der Waals surface area contributed by atoms with E-state index >= 15 is 0 Å². The molecule has 3 rings (SSSR count). The topological polar surface area (TPSA) is 145 Å². The number of benzene rings is 2. The van der Waals surface area contributed by atoms with Gasteiger partial charge in [-0.2, -0.15) is 4.31 Å². The summed E-state index contributed by atoms with van der Waals surface area (Å²) in [5.74, 6) is -0.736. The number of para-hydroxylation sites is 1. The van der Waals surface area contributed by atoms with E-state index < -0.39 is 32.6 Å². The maximum atomic E-state index is 13.4. The van der Waals surface area contributed by atoms with Crippen LogP contribution in [0.1, 0.15) is 38.7 Å². The molecule has 2 aromatic carbocycles. The standard InChI is InChI=1S/C25H29N3O8S/c1-25(2,3)36-24(30)35-17-7-6-15-27(37(33,34)19-12-10-18(11-13-19)28(31)32)16-14-21-20-8-4-5-9-22(20)26-23(21)29/h4-13,21H,14-17H2,1-3H3,(H,26,29)/b7-6+. The van der Waals surface area contributed by atoms with Gasteiger partial charge in [0.1, 0.15) is 12.2 Å². The SMILES string of the molecule is CC(C)(C)OC(=O)OC/C=C/CN(CCC1C(=O)Nc2ccccc21)S(=O)(=O)c1ccc([N+](=O)[O-])cc1. The summed E-state index contributed by atoms with van der Waals surface area (Å²) < 4.78 is 38.0. The lowest BCUT2D eigenvalue weighted by Gasteiger charge is -2.22. The van der Waals surface area contributed by atoms with Crippen LogP contribution in [0.3, 0.4) is 0 Å². The highest BCUT2D eigenvalue weighted by Crippen LogP contribution is 2.34. The fraction of sp³-hybridized carbons (Fsp3) is 0.360. The number of carbonyl (C=O) groups is 2. The van der Waals surface area contributed by atoms with E-state index in [1.807, 2.05) is 12.1 Å². The molecule has 1 amide bonds. The molecule has 0 radical (unpaired) electrons. The Bertz CT molecular complexity index is 1280. The van der Waals surface area contributed by atoms with Crippen molar-refractivity contribution in [3.05, 3.63) is 76.4 Å². The highest BCUT2D eigenvalue weighted by atomic mass is 32.2. The average Bonchev–Trinajstić information content (AvgIpc) is 3.14. The Morgan fingerprint density at radius 2 is 1.81 bits per heavy atom. The number of hydrogen-bond donors (Lipinski definition) is 1. The minimum Gasteiger partial charge on any atom is -0.430 e. The quantitative estimate of drug-likeness (QED) is 0.208. The lowest BCUT2D eigenvalue weighted by Crippen LogP contribution is -2.33. The van der Waals surface area contributed by atoms with Gasteiger partial charge in [-0.25, -0.2) is 13.2 Å². The molecule has 1 atom stereocenters. The molecule has 1 heterocycles. The Labute approximate surface area is 215 Å². The molecule has 0 aliphatic carbocycles. The second kappa shape index (κ2) is 11.5. The molecule has 37 heavy (non-hydrogen) atoms. The van der Waals surface area contributed by atoms with Crippen LogP contribution in [0, 0.1) is 10.1 Å². The molecule has 2 aromatic rings. The zero-order chi connectivity index (χ0) is 27.2. The lowest BCUT2D eigenvalue weighted by molar-refractivity contribution is -0.384. The maximum Gasteiger partial charge on any atom is 0.509 e. The van der Waals surface area contributed by atoms with Crippen LogP contribution in [0.4, 0.5) is 16.2 Å². The Morgan fingerprint density at radius 1 is 1.14 bits per heavy atom. The van der Waals surface area contributed by atoms with Crippen LogP contribution in [-0.4, -0.2) is 55.0 Å². The van der Waals surface area contributed by atoms with Crippen LogP contribution in [0.25, 0.3) is 0 Å². The van der Waals surface area contributed by atoms with E-state index in [4.69, 9.17) is 9.47 Å². The van der Waals surface area contributed by atoms with E-state index in [1.54, 1.807) is 32.9 Å². The number of nitro groups is 1. The molecule has 1 aliphatic heterocycles. The van der Waals surface area contributed by atoms with E-state index in [1.165, 1.54) is 28.6 Å². The highest BCUT2D eigenvalue weighted by molar-refractivity contribution is 7.89. The first-order valence-corrected chi connectivity index (χ1v) is 13.0. The van der Waals surface area contributed by atoms with Gasteiger partial charge < -0.3 is 14.8 Å². The van der Waals surface area contributed by atoms with Crippen LogP contribution < -0.4 is 5.32 Å². The number of fused-ring (bicyclic) bond motifs is 1. The molecule has 1 unspecified atom stereocenters. The molecule has 12 heteroatoms. The molecule has 198 valence electrons. The summed E-state index contributed by atoms with van der Waals surface area (Å²) >= 11 is 0. The second-order valence-corrected chi connectivity index (χ2v) is 11.2. The normalized spacial score (nSPS) is 15.5. The first kappa shape index (κ1) is 27.8. The first-order chi connectivity index (χ1) is 17.4. The Kier molecular flexibility index (Phi) is 8.66. The van der Waals surface area contributed by atoms with Crippen molar-refractivity contribution in [1.29, 1.82) is 0 Å². The molecular weight excluding hydrogens is 502 g/mol. The van der Waals surface area contributed by atoms with E-state index in [-0.39, 0.29) is 42.6 Å². The largest absolute Gasteiger partial charge is 0.509 e. The number of rotatable bonds is 10. The van der Waals surface area contributed by atoms with Crippen LogP contribution in [-0.2, 0) is 24.3 Å². The van der Waals surface area contributed by atoms with Crippen molar-refractivity contribution in [2.24, 2.45) is 0 Å². The number of carbonyl (C=O) groups excluding carboxylic acids is 2. The summed E-state index contributed by atoms with van der Waals surface area (Å²) in [4.78, 5) is 34.4. The van der Waals surface area contributed by atoms with E-state index in [9.17, 15) is 28.1 Å². The van der Waals surface area contributed by atoms with Gasteiger partial charge in [-0.1, -0.05) is 24.3 Å². The molecule has 0 aromatic heterocycles. The molecule has 0 spiro atoms. The molecule has 1 N–H and O–H groups in total. The number of nitrogens with zero attached hydrogens (tertiary/aromatic N) is 2. The number of nitro benzene ring substituents is 1. The van der Waals surface area contributed by atoms with Gasteiger partial charge in [-0.3, -0.25) is 14.9 Å². The smallest absolute Gasteiger partial charge is 0.430 e. The molecule has 0 saturated carbocycles. The number of nitrogens with one attached hydrogen (secondary N) is 1. The summed E-state index contributed by atoms with van der Waals surface area (Å²) in [7, 11) is -4.06. The molecule has 0 saturated heterocycles. The van der Waals surface area contributed by atoms with Gasteiger partial charge in [0.15, 0.2) is 0 Å². The third-order valence-corrected chi connectivity index (χ3v) is 7.31. The van der Waals surface area contributed by atoms with Crippen LogP contribution >= 0.6 is 0 Å². The van der Waals surface area contributed by atoms with Crippen LogP contribution in [0.5, 0.6) is 0 Å². The Morgan fingerprint density at radius 3 is 2.46 bits per heavy atom. The summed E-state index contributed by atoms with van der Waals surface area (Å²) in [6, 6.07) is 11.8. The van der Waals surface area contributed by atoms with E-state index in [0.29, 0.717) is 5.69 Å². The van der Waals surface area contributed by atoms with Crippen LogP contribution in [0.15, 0.2) is 65.6 Å². The lowest BCUT2D eigenvalue weighted by atomic mass is 9.97. The number of sulfonamides is 1. The number of hydrogen-bond acceptors (Lipinski definition) is 8.